The van der Waals surface area contributed by atoms with Gasteiger partial charge in [0, 0.05) is 47.0 Å². The van der Waals surface area contributed by atoms with Crippen molar-refractivity contribution in [3.63, 3.8) is 0 Å². The van der Waals surface area contributed by atoms with Gasteiger partial charge in [-0.3, -0.25) is 0 Å². The molecule has 0 N–H and O–H groups in total. The lowest BCUT2D eigenvalue weighted by atomic mass is 9.81. The summed E-state index contributed by atoms with van der Waals surface area (Å²) in [6, 6.07) is 91.2. The molecule has 70 heavy (non-hydrogen) atoms. The molecule has 326 valence electrons. The van der Waals surface area contributed by atoms with Gasteiger partial charge in [-0.05, 0) is 170 Å². The monoisotopic (exact) mass is 888 g/mol. The second kappa shape index (κ2) is 15.3. The lowest BCUT2D eigenvalue weighted by molar-refractivity contribution is 1.09. The Morgan fingerprint density at radius 3 is 0.929 bits per heavy atom. The lowest BCUT2D eigenvalue weighted by Gasteiger charge is -2.34. The maximum absolute atomic E-state index is 2.50. The zero-order chi connectivity index (χ0) is 45.9. The SMILES string of the molecule is c1ccc2c(c1)Cc1ccccc1N2c1ccc2c(-c3cc4ccccc4c4ccccc34)c3cc(N4c5ccccc5Cc5ccccc54)ccc3c(-c3cc4ccccc4c4ccccc34)c2c1. The summed E-state index contributed by atoms with van der Waals surface area (Å²) in [5.74, 6) is 0. The maximum Gasteiger partial charge on any atom is 0.0497 e. The van der Waals surface area contributed by atoms with Crippen molar-refractivity contribution in [1.29, 1.82) is 0 Å². The smallest absolute Gasteiger partial charge is 0.0497 e. The molecular weight excluding hydrogens is 845 g/mol. The molecule has 0 unspecified atom stereocenters. The van der Waals surface area contributed by atoms with E-state index in [-0.39, 0.29) is 0 Å². The van der Waals surface area contributed by atoms with Crippen LogP contribution in [0, 0.1) is 0 Å². The van der Waals surface area contributed by atoms with Crippen LogP contribution < -0.4 is 9.80 Å². The van der Waals surface area contributed by atoms with Crippen LogP contribution in [0.4, 0.5) is 34.1 Å². The summed E-state index contributed by atoms with van der Waals surface area (Å²) >= 11 is 0. The van der Waals surface area contributed by atoms with Crippen molar-refractivity contribution in [1.82, 2.24) is 0 Å². The molecule has 15 rings (SSSR count). The highest BCUT2D eigenvalue weighted by Crippen LogP contribution is 2.53. The summed E-state index contributed by atoms with van der Waals surface area (Å²) < 4.78 is 0. The number of hydrogen-bond donors (Lipinski definition) is 0. The summed E-state index contributed by atoms with van der Waals surface area (Å²) in [4.78, 5) is 5.00. The molecule has 0 saturated heterocycles. The lowest BCUT2D eigenvalue weighted by Crippen LogP contribution is -2.18. The predicted octanol–water partition coefficient (Wildman–Crippen LogP) is 18.7. The fourth-order valence-corrected chi connectivity index (χ4v) is 12.3. The molecule has 0 fully saturated rings. The van der Waals surface area contributed by atoms with Crippen molar-refractivity contribution in [2.45, 2.75) is 12.8 Å². The Labute approximate surface area is 406 Å². The molecule has 0 aliphatic carbocycles. The minimum atomic E-state index is 0.906. The molecule has 0 saturated carbocycles. The topological polar surface area (TPSA) is 6.48 Å². The molecule has 2 nitrogen and oxygen atoms in total. The Balaban J connectivity index is 1.13. The van der Waals surface area contributed by atoms with E-state index >= 15 is 0 Å². The summed E-state index contributed by atoms with van der Waals surface area (Å²) in [5.41, 5.74) is 17.5. The molecule has 2 aliphatic heterocycles. The third kappa shape index (κ3) is 5.80. The summed E-state index contributed by atoms with van der Waals surface area (Å²) in [5, 5.41) is 14.9. The first kappa shape index (κ1) is 39.1. The average molecular weight is 889 g/mol. The van der Waals surface area contributed by atoms with E-state index in [1.54, 1.807) is 0 Å². The first-order chi connectivity index (χ1) is 34.7. The number of anilines is 6. The van der Waals surface area contributed by atoms with Crippen LogP contribution in [0.1, 0.15) is 22.3 Å². The molecule has 2 heteroatoms. The van der Waals surface area contributed by atoms with Crippen LogP contribution in [0.15, 0.2) is 243 Å². The molecule has 0 amide bonds. The normalized spacial score (nSPS) is 13.0. The fraction of sp³-hybridized carbons (Fsp3) is 0.0294. The number of nitrogens with zero attached hydrogens (tertiary/aromatic N) is 2. The number of para-hydroxylation sites is 4. The van der Waals surface area contributed by atoms with Crippen LogP contribution in [0.2, 0.25) is 0 Å². The van der Waals surface area contributed by atoms with Crippen molar-refractivity contribution < 1.29 is 0 Å². The van der Waals surface area contributed by atoms with Gasteiger partial charge in [0.2, 0.25) is 0 Å². The van der Waals surface area contributed by atoms with E-state index in [1.165, 1.54) is 132 Å². The predicted molar refractivity (Wildman–Crippen MR) is 297 cm³/mol. The number of rotatable bonds is 4. The van der Waals surface area contributed by atoms with Gasteiger partial charge in [0.1, 0.15) is 0 Å². The van der Waals surface area contributed by atoms with Gasteiger partial charge < -0.3 is 9.80 Å². The molecule has 0 aromatic heterocycles. The minimum absolute atomic E-state index is 0.906. The van der Waals surface area contributed by atoms with Crippen molar-refractivity contribution in [3.8, 4) is 22.3 Å². The van der Waals surface area contributed by atoms with Crippen LogP contribution in [-0.2, 0) is 12.8 Å². The van der Waals surface area contributed by atoms with Gasteiger partial charge in [0.05, 0.1) is 0 Å². The zero-order valence-electron chi connectivity index (χ0n) is 38.4. The van der Waals surface area contributed by atoms with Crippen LogP contribution >= 0.6 is 0 Å². The largest absolute Gasteiger partial charge is 0.310 e. The first-order valence-electron chi connectivity index (χ1n) is 24.5. The Bertz CT molecular complexity index is 3960. The van der Waals surface area contributed by atoms with Gasteiger partial charge in [-0.2, -0.15) is 0 Å². The maximum atomic E-state index is 2.50. The average Bonchev–Trinajstić information content (AvgIpc) is 3.43. The second-order valence-corrected chi connectivity index (χ2v) is 19.1. The number of fused-ring (bicyclic) bond motifs is 12. The van der Waals surface area contributed by atoms with Crippen LogP contribution in [0.5, 0.6) is 0 Å². The molecule has 0 spiro atoms. The van der Waals surface area contributed by atoms with E-state index in [0.717, 1.165) is 24.2 Å². The van der Waals surface area contributed by atoms with Crippen LogP contribution in [0.25, 0.3) is 86.9 Å². The molecule has 13 aromatic carbocycles. The Morgan fingerprint density at radius 1 is 0.229 bits per heavy atom. The van der Waals surface area contributed by atoms with Gasteiger partial charge in [0.15, 0.2) is 0 Å². The van der Waals surface area contributed by atoms with E-state index in [9.17, 15) is 0 Å². The molecule has 2 heterocycles. The molecule has 0 bridgehead atoms. The minimum Gasteiger partial charge on any atom is -0.310 e. The standard InChI is InChI=1S/C68H44N2/c1-7-23-51-43(17-1)39-59(55-27-11-9-25-53(51)55)67-57-35-33-50(70-65-31-15-5-21-47(65)38-48-22-6-16-32-66(48)70)42-62(57)68(60-40-44-18-2-8-24-52(44)54-26-10-12-28-56(54)60)58-36-34-49(41-61(58)67)69-63-29-13-3-19-45(63)37-46-20-4-14-30-64(46)69/h1-36,39-42H,37-38H2. The highest BCUT2D eigenvalue weighted by Gasteiger charge is 2.29. The molecular formula is C68H44N2. The fourth-order valence-electron chi connectivity index (χ4n) is 12.3. The molecule has 2 aliphatic rings. The third-order valence-electron chi connectivity index (χ3n) is 15.4. The Kier molecular flexibility index (Phi) is 8.52. The third-order valence-corrected chi connectivity index (χ3v) is 15.4. The van der Waals surface area contributed by atoms with Gasteiger partial charge in [-0.1, -0.05) is 182 Å². The van der Waals surface area contributed by atoms with Crippen molar-refractivity contribution in [3.05, 3.63) is 265 Å². The first-order valence-corrected chi connectivity index (χ1v) is 24.5. The highest BCUT2D eigenvalue weighted by atomic mass is 15.2. The van der Waals surface area contributed by atoms with Crippen molar-refractivity contribution >= 4 is 98.8 Å². The number of benzene rings is 13. The molecule has 0 atom stereocenters. The zero-order valence-corrected chi connectivity index (χ0v) is 38.4. The van der Waals surface area contributed by atoms with Crippen LogP contribution in [0.3, 0.4) is 0 Å². The van der Waals surface area contributed by atoms with E-state index in [0.29, 0.717) is 0 Å². The van der Waals surface area contributed by atoms with Crippen molar-refractivity contribution in [2.24, 2.45) is 0 Å². The summed E-state index contributed by atoms with van der Waals surface area (Å²) in [6.45, 7) is 0. The number of hydrogen-bond acceptors (Lipinski definition) is 2. The second-order valence-electron chi connectivity index (χ2n) is 19.1. The summed E-state index contributed by atoms with van der Waals surface area (Å²) in [6.07, 6.45) is 1.81. The molecule has 13 aromatic rings. The van der Waals surface area contributed by atoms with Gasteiger partial charge >= 0.3 is 0 Å². The van der Waals surface area contributed by atoms with E-state index < -0.39 is 0 Å². The summed E-state index contributed by atoms with van der Waals surface area (Å²) in [7, 11) is 0. The van der Waals surface area contributed by atoms with E-state index in [1.807, 2.05) is 0 Å². The van der Waals surface area contributed by atoms with Crippen LogP contribution in [-0.4, -0.2) is 0 Å². The van der Waals surface area contributed by atoms with E-state index in [4.69, 9.17) is 0 Å². The Hall–Kier alpha value is -8.98. The Morgan fingerprint density at radius 2 is 0.543 bits per heavy atom. The van der Waals surface area contributed by atoms with Crippen molar-refractivity contribution in [2.75, 3.05) is 9.80 Å². The highest BCUT2D eigenvalue weighted by molar-refractivity contribution is 6.29. The molecule has 0 radical (unpaired) electrons. The van der Waals surface area contributed by atoms with Gasteiger partial charge in [-0.15, -0.1) is 0 Å². The van der Waals surface area contributed by atoms with E-state index in [2.05, 4.69) is 252 Å². The van der Waals surface area contributed by atoms with Gasteiger partial charge in [-0.25, -0.2) is 0 Å². The quantitative estimate of drug-likeness (QED) is 0.128. The van der Waals surface area contributed by atoms with Gasteiger partial charge in [0.25, 0.3) is 0 Å².